The Morgan fingerprint density at radius 2 is 2.08 bits per heavy atom. The van der Waals surface area contributed by atoms with E-state index in [4.69, 9.17) is 5.73 Å². The summed E-state index contributed by atoms with van der Waals surface area (Å²) in [7, 11) is -0.920. The highest BCUT2D eigenvalue weighted by molar-refractivity contribution is 7.85. The predicted octanol–water partition coefficient (Wildman–Crippen LogP) is 2.18. The van der Waals surface area contributed by atoms with Gasteiger partial charge in [0.2, 0.25) is 0 Å². The molecule has 0 bridgehead atoms. The molecule has 1 rings (SSSR count). The van der Waals surface area contributed by atoms with Crippen LogP contribution in [-0.4, -0.2) is 9.96 Å². The van der Waals surface area contributed by atoms with Crippen LogP contribution in [0.25, 0.3) is 0 Å². The first-order chi connectivity index (χ1) is 6.25. The molecule has 1 atom stereocenters. The first-order valence-corrected chi connectivity index (χ1v) is 5.80. The molecule has 0 spiro atoms. The van der Waals surface area contributed by atoms with Gasteiger partial charge < -0.3 is 5.73 Å². The van der Waals surface area contributed by atoms with Gasteiger partial charge in [-0.1, -0.05) is 25.5 Å². The summed E-state index contributed by atoms with van der Waals surface area (Å²) in [6.07, 6.45) is 2.05. The first-order valence-electron chi connectivity index (χ1n) is 4.48. The van der Waals surface area contributed by atoms with E-state index < -0.39 is 10.8 Å². The topological polar surface area (TPSA) is 43.1 Å². The van der Waals surface area contributed by atoms with Gasteiger partial charge in [0.05, 0.1) is 15.7 Å². The maximum Gasteiger partial charge on any atom is 0.0617 e. The minimum Gasteiger partial charge on any atom is -0.398 e. The monoisotopic (exact) mass is 197 g/mol. The summed E-state index contributed by atoms with van der Waals surface area (Å²) < 4.78 is 11.7. The van der Waals surface area contributed by atoms with Crippen molar-refractivity contribution in [1.29, 1.82) is 0 Å². The lowest BCUT2D eigenvalue weighted by Crippen LogP contribution is -2.01. The summed E-state index contributed by atoms with van der Waals surface area (Å²) in [5, 5.41) is 0. The Kier molecular flexibility index (Phi) is 3.96. The van der Waals surface area contributed by atoms with Crippen LogP contribution in [-0.2, 0) is 10.8 Å². The molecule has 72 valence electrons. The molecular weight excluding hydrogens is 182 g/mol. The maximum atomic E-state index is 11.7. The Morgan fingerprint density at radius 1 is 1.38 bits per heavy atom. The van der Waals surface area contributed by atoms with E-state index in [2.05, 4.69) is 6.92 Å². The third kappa shape index (κ3) is 2.84. The van der Waals surface area contributed by atoms with Gasteiger partial charge in [0.25, 0.3) is 0 Å². The molecule has 1 aromatic rings. The summed E-state index contributed by atoms with van der Waals surface area (Å²) in [4.78, 5) is 0.774. The number of nitrogen functional groups attached to an aromatic ring is 1. The molecule has 0 aliphatic rings. The molecule has 0 aliphatic heterocycles. The molecular formula is C10H15NOS. The van der Waals surface area contributed by atoms with E-state index in [1.165, 1.54) is 0 Å². The van der Waals surface area contributed by atoms with Crippen LogP contribution in [0.4, 0.5) is 5.69 Å². The van der Waals surface area contributed by atoms with Crippen molar-refractivity contribution >= 4 is 16.5 Å². The lowest BCUT2D eigenvalue weighted by Gasteiger charge is -2.03. The van der Waals surface area contributed by atoms with Crippen molar-refractivity contribution in [1.82, 2.24) is 0 Å². The molecule has 0 radical (unpaired) electrons. The fourth-order valence-electron chi connectivity index (χ4n) is 1.07. The standard InChI is InChI=1S/C10H15NOS/c1-2-3-8-13(12)10-7-5-4-6-9(10)11/h4-7H,2-3,8,11H2,1H3. The van der Waals surface area contributed by atoms with Crippen LogP contribution in [0.2, 0.25) is 0 Å². The van der Waals surface area contributed by atoms with Crippen LogP contribution in [0, 0.1) is 0 Å². The van der Waals surface area contributed by atoms with Crippen LogP contribution in [0.5, 0.6) is 0 Å². The minimum absolute atomic E-state index is 0.636. The van der Waals surface area contributed by atoms with E-state index in [1.54, 1.807) is 6.07 Å². The number of rotatable bonds is 4. The van der Waals surface area contributed by atoms with Crippen molar-refractivity contribution in [3.8, 4) is 0 Å². The molecule has 0 saturated heterocycles. The summed E-state index contributed by atoms with van der Waals surface area (Å²) >= 11 is 0. The van der Waals surface area contributed by atoms with E-state index >= 15 is 0 Å². The fourth-order valence-corrected chi connectivity index (χ4v) is 2.41. The number of benzene rings is 1. The summed E-state index contributed by atoms with van der Waals surface area (Å²) in [6.45, 7) is 2.09. The van der Waals surface area contributed by atoms with E-state index in [9.17, 15) is 4.21 Å². The average molecular weight is 197 g/mol. The second kappa shape index (κ2) is 5.02. The van der Waals surface area contributed by atoms with Crippen molar-refractivity contribution < 1.29 is 4.21 Å². The molecule has 0 amide bonds. The molecule has 2 N–H and O–H groups in total. The van der Waals surface area contributed by atoms with Gasteiger partial charge >= 0.3 is 0 Å². The molecule has 0 fully saturated rings. The van der Waals surface area contributed by atoms with Crippen molar-refractivity contribution in [2.75, 3.05) is 11.5 Å². The van der Waals surface area contributed by atoms with E-state index in [0.717, 1.165) is 17.7 Å². The van der Waals surface area contributed by atoms with E-state index in [0.29, 0.717) is 11.4 Å². The molecule has 0 heterocycles. The Bertz CT molecular complexity index is 299. The highest BCUT2D eigenvalue weighted by atomic mass is 32.2. The van der Waals surface area contributed by atoms with E-state index in [1.807, 2.05) is 18.2 Å². The minimum atomic E-state index is -0.920. The van der Waals surface area contributed by atoms with Gasteiger partial charge in [-0.05, 0) is 18.6 Å². The largest absolute Gasteiger partial charge is 0.398 e. The molecule has 0 aromatic heterocycles. The molecule has 1 unspecified atom stereocenters. The Balaban J connectivity index is 2.71. The summed E-state index contributed by atoms with van der Waals surface area (Å²) in [5.41, 5.74) is 6.34. The predicted molar refractivity (Wildman–Crippen MR) is 57.0 cm³/mol. The van der Waals surface area contributed by atoms with Crippen LogP contribution >= 0.6 is 0 Å². The molecule has 1 aromatic carbocycles. The van der Waals surface area contributed by atoms with Crippen molar-refractivity contribution in [2.24, 2.45) is 0 Å². The highest BCUT2D eigenvalue weighted by Gasteiger charge is 2.05. The Labute approximate surface area is 81.6 Å². The third-order valence-electron chi connectivity index (χ3n) is 1.85. The SMILES string of the molecule is CCCCS(=O)c1ccccc1N. The van der Waals surface area contributed by atoms with Gasteiger partial charge in [-0.25, -0.2) is 0 Å². The summed E-state index contributed by atoms with van der Waals surface area (Å²) in [6, 6.07) is 7.35. The molecule has 0 saturated carbocycles. The van der Waals surface area contributed by atoms with Gasteiger partial charge in [-0.2, -0.15) is 0 Å². The zero-order valence-electron chi connectivity index (χ0n) is 7.82. The lowest BCUT2D eigenvalue weighted by atomic mass is 10.3. The summed E-state index contributed by atoms with van der Waals surface area (Å²) in [5.74, 6) is 0.713. The van der Waals surface area contributed by atoms with Crippen LogP contribution in [0.1, 0.15) is 19.8 Å². The van der Waals surface area contributed by atoms with Gasteiger partial charge in [0.1, 0.15) is 0 Å². The van der Waals surface area contributed by atoms with Crippen molar-refractivity contribution in [3.05, 3.63) is 24.3 Å². The molecule has 13 heavy (non-hydrogen) atoms. The van der Waals surface area contributed by atoms with Crippen LogP contribution in [0.3, 0.4) is 0 Å². The molecule has 2 nitrogen and oxygen atoms in total. The highest BCUT2D eigenvalue weighted by Crippen LogP contribution is 2.16. The Morgan fingerprint density at radius 3 is 2.69 bits per heavy atom. The van der Waals surface area contributed by atoms with Crippen LogP contribution in [0.15, 0.2) is 29.2 Å². The fraction of sp³-hybridized carbons (Fsp3) is 0.400. The maximum absolute atomic E-state index is 11.7. The number of nitrogens with two attached hydrogens (primary N) is 1. The number of anilines is 1. The smallest absolute Gasteiger partial charge is 0.0617 e. The number of hydrogen-bond acceptors (Lipinski definition) is 2. The van der Waals surface area contributed by atoms with Crippen molar-refractivity contribution in [3.63, 3.8) is 0 Å². The third-order valence-corrected chi connectivity index (χ3v) is 3.37. The van der Waals surface area contributed by atoms with Crippen LogP contribution < -0.4 is 5.73 Å². The lowest BCUT2D eigenvalue weighted by molar-refractivity contribution is 0.680. The van der Waals surface area contributed by atoms with Gasteiger partial charge in [-0.15, -0.1) is 0 Å². The zero-order valence-corrected chi connectivity index (χ0v) is 8.64. The second-order valence-corrected chi connectivity index (χ2v) is 4.48. The van der Waals surface area contributed by atoms with Gasteiger partial charge in [0, 0.05) is 11.4 Å². The Hall–Kier alpha value is -0.830. The molecule has 3 heteroatoms. The van der Waals surface area contributed by atoms with Crippen molar-refractivity contribution in [2.45, 2.75) is 24.7 Å². The van der Waals surface area contributed by atoms with E-state index in [-0.39, 0.29) is 0 Å². The quantitative estimate of drug-likeness (QED) is 0.752. The molecule has 0 aliphatic carbocycles. The normalized spacial score (nSPS) is 12.7. The number of hydrogen-bond donors (Lipinski definition) is 1. The van der Waals surface area contributed by atoms with Gasteiger partial charge in [0.15, 0.2) is 0 Å². The van der Waals surface area contributed by atoms with Gasteiger partial charge in [-0.3, -0.25) is 4.21 Å². The second-order valence-electron chi connectivity index (χ2n) is 2.94. The average Bonchev–Trinajstić information content (AvgIpc) is 2.15. The number of para-hydroxylation sites is 1. The zero-order chi connectivity index (χ0) is 9.68. The number of unbranched alkanes of at least 4 members (excludes halogenated alkanes) is 1. The first kappa shape index (κ1) is 10.3.